The molecule has 18 heavy (non-hydrogen) atoms. The predicted octanol–water partition coefficient (Wildman–Crippen LogP) is 1.26. The van der Waals surface area contributed by atoms with Crippen molar-refractivity contribution >= 4 is 23.3 Å². The summed E-state index contributed by atoms with van der Waals surface area (Å²) in [6.45, 7) is 1.17. The van der Waals surface area contributed by atoms with Crippen LogP contribution in [-0.4, -0.2) is 29.0 Å². The Balaban J connectivity index is 3.46. The molecule has 1 aromatic carbocycles. The van der Waals surface area contributed by atoms with Gasteiger partial charge in [0.25, 0.3) is 0 Å². The van der Waals surface area contributed by atoms with Gasteiger partial charge < -0.3 is 15.2 Å². The maximum Gasteiger partial charge on any atom is 0.337 e. The molecule has 2 N–H and O–H groups in total. The fourth-order valence-corrected chi connectivity index (χ4v) is 1.34. The lowest BCUT2D eigenvalue weighted by molar-refractivity contribution is -0.385. The van der Waals surface area contributed by atoms with Crippen LogP contribution in [0.25, 0.3) is 0 Å². The van der Waals surface area contributed by atoms with Crippen LogP contribution in [0.2, 0.25) is 0 Å². The van der Waals surface area contributed by atoms with Gasteiger partial charge in [-0.2, -0.15) is 0 Å². The van der Waals surface area contributed by atoms with Crippen LogP contribution < -0.4 is 10.1 Å². The highest BCUT2D eigenvalue weighted by atomic mass is 16.6. The van der Waals surface area contributed by atoms with Gasteiger partial charge in [-0.25, -0.2) is 4.79 Å². The molecule has 1 amide bonds. The Morgan fingerprint density at radius 3 is 2.44 bits per heavy atom. The largest absolute Gasteiger partial charge is 0.490 e. The Morgan fingerprint density at radius 1 is 1.44 bits per heavy atom. The molecule has 0 fully saturated rings. The summed E-state index contributed by atoms with van der Waals surface area (Å²) >= 11 is 0. The number of carbonyl (C=O) groups excluding carboxylic acids is 1. The maximum atomic E-state index is 11.0. The van der Waals surface area contributed by atoms with Crippen molar-refractivity contribution in [2.24, 2.45) is 0 Å². The Bertz CT molecular complexity index is 525. The van der Waals surface area contributed by atoms with Crippen molar-refractivity contribution in [1.82, 2.24) is 0 Å². The molecular formula is C10H10N2O6. The van der Waals surface area contributed by atoms with Crippen molar-refractivity contribution < 1.29 is 24.4 Å². The fraction of sp³-hybridized carbons (Fsp3) is 0.200. The highest BCUT2D eigenvalue weighted by Gasteiger charge is 2.22. The van der Waals surface area contributed by atoms with Crippen LogP contribution in [0.4, 0.5) is 11.4 Å². The average Bonchev–Trinajstić information content (AvgIpc) is 2.27. The molecule has 0 saturated carbocycles. The summed E-state index contributed by atoms with van der Waals surface area (Å²) in [5.74, 6) is -2.05. The third-order valence-electron chi connectivity index (χ3n) is 2.06. The van der Waals surface area contributed by atoms with Gasteiger partial charge in [0, 0.05) is 19.1 Å². The summed E-state index contributed by atoms with van der Waals surface area (Å²) in [6.07, 6.45) is 0. The summed E-state index contributed by atoms with van der Waals surface area (Å²) in [7, 11) is 1.19. The Kier molecular flexibility index (Phi) is 3.82. The highest BCUT2D eigenvalue weighted by Crippen LogP contribution is 2.33. The van der Waals surface area contributed by atoms with Gasteiger partial charge in [-0.3, -0.25) is 14.9 Å². The number of nitrogens with one attached hydrogen (secondary N) is 1. The van der Waals surface area contributed by atoms with Gasteiger partial charge in [-0.15, -0.1) is 0 Å². The third-order valence-corrected chi connectivity index (χ3v) is 2.06. The third kappa shape index (κ3) is 2.73. The van der Waals surface area contributed by atoms with Crippen molar-refractivity contribution in [3.8, 4) is 5.75 Å². The van der Waals surface area contributed by atoms with Gasteiger partial charge in [0.2, 0.25) is 5.91 Å². The van der Waals surface area contributed by atoms with Crippen LogP contribution in [0.1, 0.15) is 17.3 Å². The molecule has 0 unspecified atom stereocenters. The number of rotatable bonds is 4. The molecule has 0 radical (unpaired) electrons. The van der Waals surface area contributed by atoms with E-state index >= 15 is 0 Å². The van der Waals surface area contributed by atoms with Crippen molar-refractivity contribution in [3.05, 3.63) is 27.8 Å². The molecule has 0 aliphatic heterocycles. The molecule has 0 spiro atoms. The summed E-state index contributed by atoms with van der Waals surface area (Å²) < 4.78 is 4.74. The summed E-state index contributed by atoms with van der Waals surface area (Å²) in [4.78, 5) is 31.9. The van der Waals surface area contributed by atoms with Gasteiger partial charge in [0.15, 0.2) is 5.75 Å². The predicted molar refractivity (Wildman–Crippen MR) is 60.9 cm³/mol. The number of aromatic carboxylic acids is 1. The van der Waals surface area contributed by atoms with E-state index < -0.39 is 22.5 Å². The topological polar surface area (TPSA) is 119 Å². The van der Waals surface area contributed by atoms with Crippen LogP contribution >= 0.6 is 0 Å². The number of carboxylic acids is 1. The Hall–Kier alpha value is -2.64. The lowest BCUT2D eigenvalue weighted by Gasteiger charge is -2.09. The molecule has 1 aromatic rings. The minimum absolute atomic E-state index is 0.150. The van der Waals surface area contributed by atoms with Crippen LogP contribution in [0, 0.1) is 10.1 Å². The molecular weight excluding hydrogens is 244 g/mol. The molecule has 8 nitrogen and oxygen atoms in total. The standard InChI is InChI=1S/C10H10N2O6/c1-5(13)11-7-4-8(12(16)17)9(18-2)3-6(7)10(14)15/h3-4H,1-2H3,(H,11,13)(H,14,15). The number of amides is 1. The van der Waals surface area contributed by atoms with E-state index in [-0.39, 0.29) is 17.0 Å². The Labute approximate surface area is 101 Å². The van der Waals surface area contributed by atoms with E-state index in [2.05, 4.69) is 5.32 Å². The van der Waals surface area contributed by atoms with Gasteiger partial charge >= 0.3 is 11.7 Å². The molecule has 0 aromatic heterocycles. The molecule has 0 bridgehead atoms. The van der Waals surface area contributed by atoms with Gasteiger partial charge in [-0.1, -0.05) is 0 Å². The maximum absolute atomic E-state index is 11.0. The molecule has 1 rings (SSSR count). The number of nitro benzene ring substituents is 1. The molecule has 0 atom stereocenters. The van der Waals surface area contributed by atoms with Gasteiger partial charge in [0.1, 0.15) is 0 Å². The zero-order valence-electron chi connectivity index (χ0n) is 9.59. The van der Waals surface area contributed by atoms with E-state index in [0.29, 0.717) is 0 Å². The number of methoxy groups -OCH3 is 1. The summed E-state index contributed by atoms with van der Waals surface area (Å²) in [5, 5.41) is 21.9. The summed E-state index contributed by atoms with van der Waals surface area (Å²) in [5.41, 5.74) is -0.860. The van der Waals surface area contributed by atoms with Gasteiger partial charge in [0.05, 0.1) is 23.3 Å². The lowest BCUT2D eigenvalue weighted by Crippen LogP contribution is -2.11. The van der Waals surface area contributed by atoms with Crippen LogP contribution in [0.15, 0.2) is 12.1 Å². The second-order valence-electron chi connectivity index (χ2n) is 3.31. The normalized spacial score (nSPS) is 9.67. The molecule has 0 aliphatic carbocycles. The first kappa shape index (κ1) is 13.4. The summed E-state index contributed by atoms with van der Waals surface area (Å²) in [6, 6.07) is 1.94. The van der Waals surface area contributed by atoms with E-state index in [4.69, 9.17) is 9.84 Å². The van der Waals surface area contributed by atoms with E-state index in [1.807, 2.05) is 0 Å². The Morgan fingerprint density at radius 2 is 2.06 bits per heavy atom. The SMILES string of the molecule is COc1cc(C(=O)O)c(NC(C)=O)cc1[N+](=O)[O-]. The van der Waals surface area contributed by atoms with E-state index in [0.717, 1.165) is 12.1 Å². The second-order valence-corrected chi connectivity index (χ2v) is 3.31. The number of benzene rings is 1. The molecule has 8 heteroatoms. The number of hydrogen-bond acceptors (Lipinski definition) is 5. The van der Waals surface area contributed by atoms with Gasteiger partial charge in [-0.05, 0) is 0 Å². The minimum atomic E-state index is -1.33. The molecule has 96 valence electrons. The van der Waals surface area contributed by atoms with Crippen molar-refractivity contribution in [2.45, 2.75) is 6.92 Å². The van der Waals surface area contributed by atoms with Crippen molar-refractivity contribution in [3.63, 3.8) is 0 Å². The van der Waals surface area contributed by atoms with Crippen LogP contribution in [0.5, 0.6) is 5.75 Å². The van der Waals surface area contributed by atoms with Crippen LogP contribution in [-0.2, 0) is 4.79 Å². The smallest absolute Gasteiger partial charge is 0.337 e. The van der Waals surface area contributed by atoms with Crippen LogP contribution in [0.3, 0.4) is 0 Å². The first-order valence-electron chi connectivity index (χ1n) is 4.74. The van der Waals surface area contributed by atoms with E-state index in [9.17, 15) is 19.7 Å². The molecule has 0 heterocycles. The quantitative estimate of drug-likeness (QED) is 0.616. The fourth-order valence-electron chi connectivity index (χ4n) is 1.34. The minimum Gasteiger partial charge on any atom is -0.490 e. The van der Waals surface area contributed by atoms with Crippen molar-refractivity contribution in [2.75, 3.05) is 12.4 Å². The number of carboxylic acid groups (broad SMARTS) is 1. The number of ether oxygens (including phenoxy) is 1. The number of nitrogens with zero attached hydrogens (tertiary/aromatic N) is 1. The zero-order chi connectivity index (χ0) is 13.9. The number of hydrogen-bond donors (Lipinski definition) is 2. The first-order valence-corrected chi connectivity index (χ1v) is 4.74. The average molecular weight is 254 g/mol. The second kappa shape index (κ2) is 5.13. The number of nitro groups is 1. The number of carbonyl (C=O) groups is 2. The number of anilines is 1. The highest BCUT2D eigenvalue weighted by molar-refractivity contribution is 6.01. The van der Waals surface area contributed by atoms with E-state index in [1.165, 1.54) is 14.0 Å². The first-order chi connectivity index (χ1) is 8.36. The van der Waals surface area contributed by atoms with E-state index in [1.54, 1.807) is 0 Å². The lowest BCUT2D eigenvalue weighted by atomic mass is 10.1. The molecule has 0 aliphatic rings. The monoisotopic (exact) mass is 254 g/mol. The molecule has 0 saturated heterocycles. The zero-order valence-corrected chi connectivity index (χ0v) is 9.59. The van der Waals surface area contributed by atoms with Crippen molar-refractivity contribution in [1.29, 1.82) is 0 Å².